The van der Waals surface area contributed by atoms with Crippen molar-refractivity contribution in [1.82, 2.24) is 0 Å². The topological polar surface area (TPSA) is 20.2 Å². The molecular formula is C10H7IOS. The Labute approximate surface area is 94.2 Å². The number of benzene rings is 1. The second kappa shape index (κ2) is 3.67. The van der Waals surface area contributed by atoms with Gasteiger partial charge in [-0.1, -0.05) is 0 Å². The SMILES string of the molecule is Oc1cc(I)cc(-c2ccsc2)c1. The second-order valence-electron chi connectivity index (χ2n) is 2.71. The summed E-state index contributed by atoms with van der Waals surface area (Å²) in [5.41, 5.74) is 2.24. The highest BCUT2D eigenvalue weighted by Crippen LogP contribution is 2.27. The van der Waals surface area contributed by atoms with Crippen molar-refractivity contribution < 1.29 is 5.11 Å². The van der Waals surface area contributed by atoms with Crippen molar-refractivity contribution >= 4 is 33.9 Å². The third-order valence-corrected chi connectivity index (χ3v) is 3.04. The van der Waals surface area contributed by atoms with Crippen molar-refractivity contribution in [3.63, 3.8) is 0 Å². The molecule has 0 atom stereocenters. The molecule has 0 spiro atoms. The molecule has 1 N–H and O–H groups in total. The van der Waals surface area contributed by atoms with Crippen molar-refractivity contribution in [2.45, 2.75) is 0 Å². The molecule has 0 bridgehead atoms. The molecule has 13 heavy (non-hydrogen) atoms. The molecule has 0 aliphatic heterocycles. The number of hydrogen-bond donors (Lipinski definition) is 1. The van der Waals surface area contributed by atoms with Crippen LogP contribution in [-0.2, 0) is 0 Å². The van der Waals surface area contributed by atoms with Crippen LogP contribution in [0.4, 0.5) is 0 Å². The van der Waals surface area contributed by atoms with Crippen LogP contribution in [0.2, 0.25) is 0 Å². The zero-order valence-electron chi connectivity index (χ0n) is 6.70. The Bertz CT molecular complexity index is 389. The summed E-state index contributed by atoms with van der Waals surface area (Å²) in [4.78, 5) is 0. The molecular weight excluding hydrogens is 295 g/mol. The number of rotatable bonds is 1. The maximum absolute atomic E-state index is 9.39. The molecule has 1 aromatic carbocycles. The van der Waals surface area contributed by atoms with Gasteiger partial charge < -0.3 is 5.11 Å². The lowest BCUT2D eigenvalue weighted by molar-refractivity contribution is 0.475. The Morgan fingerprint density at radius 3 is 2.62 bits per heavy atom. The van der Waals surface area contributed by atoms with Gasteiger partial charge in [0.1, 0.15) is 5.75 Å². The van der Waals surface area contributed by atoms with E-state index in [0.717, 1.165) is 9.13 Å². The standard InChI is InChI=1S/C10H7IOS/c11-9-3-8(4-10(12)5-9)7-1-2-13-6-7/h1-6,12H. The summed E-state index contributed by atoms with van der Waals surface area (Å²) in [7, 11) is 0. The van der Waals surface area contributed by atoms with Gasteiger partial charge in [-0.25, -0.2) is 0 Å². The summed E-state index contributed by atoms with van der Waals surface area (Å²) in [6, 6.07) is 7.64. The van der Waals surface area contributed by atoms with Crippen molar-refractivity contribution in [2.75, 3.05) is 0 Å². The molecule has 2 aromatic rings. The van der Waals surface area contributed by atoms with Crippen LogP contribution in [-0.4, -0.2) is 5.11 Å². The van der Waals surface area contributed by atoms with Gasteiger partial charge >= 0.3 is 0 Å². The van der Waals surface area contributed by atoms with Crippen LogP contribution in [0.5, 0.6) is 5.75 Å². The van der Waals surface area contributed by atoms with Crippen molar-refractivity contribution in [3.8, 4) is 16.9 Å². The van der Waals surface area contributed by atoms with Crippen molar-refractivity contribution in [1.29, 1.82) is 0 Å². The van der Waals surface area contributed by atoms with E-state index in [1.165, 1.54) is 5.56 Å². The van der Waals surface area contributed by atoms with E-state index in [4.69, 9.17) is 0 Å². The van der Waals surface area contributed by atoms with Gasteiger partial charge in [0.05, 0.1) is 0 Å². The molecule has 0 unspecified atom stereocenters. The number of aromatic hydroxyl groups is 1. The van der Waals surface area contributed by atoms with E-state index in [0.29, 0.717) is 5.75 Å². The summed E-state index contributed by atoms with van der Waals surface area (Å²) in [6.45, 7) is 0. The fraction of sp³-hybridized carbons (Fsp3) is 0. The Morgan fingerprint density at radius 1 is 1.15 bits per heavy atom. The molecule has 66 valence electrons. The molecule has 2 rings (SSSR count). The highest BCUT2D eigenvalue weighted by atomic mass is 127. The molecule has 0 saturated heterocycles. The lowest BCUT2D eigenvalue weighted by Gasteiger charge is -2.00. The second-order valence-corrected chi connectivity index (χ2v) is 4.74. The first-order valence-electron chi connectivity index (χ1n) is 3.78. The zero-order chi connectivity index (χ0) is 9.26. The van der Waals surface area contributed by atoms with Crippen molar-refractivity contribution in [3.05, 3.63) is 38.6 Å². The number of phenols is 1. The van der Waals surface area contributed by atoms with Gasteiger partial charge in [0.25, 0.3) is 0 Å². The first-order chi connectivity index (χ1) is 6.25. The Balaban J connectivity index is 2.53. The van der Waals surface area contributed by atoms with Crippen LogP contribution < -0.4 is 0 Å². The lowest BCUT2D eigenvalue weighted by atomic mass is 10.1. The number of halogens is 1. The zero-order valence-corrected chi connectivity index (χ0v) is 9.67. The van der Waals surface area contributed by atoms with Gasteiger partial charge in [-0.05, 0) is 68.7 Å². The highest BCUT2D eigenvalue weighted by Gasteiger charge is 2.00. The first-order valence-corrected chi connectivity index (χ1v) is 5.80. The molecule has 0 aliphatic carbocycles. The summed E-state index contributed by atoms with van der Waals surface area (Å²) in [5.74, 6) is 0.327. The highest BCUT2D eigenvalue weighted by molar-refractivity contribution is 14.1. The summed E-state index contributed by atoms with van der Waals surface area (Å²) < 4.78 is 1.05. The van der Waals surface area contributed by atoms with E-state index in [1.54, 1.807) is 23.5 Å². The minimum atomic E-state index is 0.327. The Morgan fingerprint density at radius 2 is 2.00 bits per heavy atom. The minimum Gasteiger partial charge on any atom is -0.508 e. The Kier molecular flexibility index (Phi) is 2.55. The third-order valence-electron chi connectivity index (χ3n) is 1.74. The Hall–Kier alpha value is -0.550. The molecule has 1 nitrogen and oxygen atoms in total. The summed E-state index contributed by atoms with van der Waals surface area (Å²) >= 11 is 3.86. The predicted octanol–water partition coefficient (Wildman–Crippen LogP) is 3.73. The van der Waals surface area contributed by atoms with Crippen LogP contribution in [0.3, 0.4) is 0 Å². The van der Waals surface area contributed by atoms with Crippen LogP contribution in [0, 0.1) is 3.57 Å². The first kappa shape index (κ1) is 9.02. The maximum atomic E-state index is 9.39. The maximum Gasteiger partial charge on any atom is 0.117 e. The summed E-state index contributed by atoms with van der Waals surface area (Å²) in [5, 5.41) is 13.5. The minimum absolute atomic E-state index is 0.327. The molecule has 0 aliphatic rings. The van der Waals surface area contributed by atoms with Crippen LogP contribution >= 0.6 is 33.9 Å². The van der Waals surface area contributed by atoms with Gasteiger partial charge in [-0.3, -0.25) is 0 Å². The fourth-order valence-corrected chi connectivity index (χ4v) is 2.49. The van der Waals surface area contributed by atoms with Gasteiger partial charge in [0.15, 0.2) is 0 Å². The third kappa shape index (κ3) is 2.03. The van der Waals surface area contributed by atoms with Crippen molar-refractivity contribution in [2.24, 2.45) is 0 Å². The van der Waals surface area contributed by atoms with Gasteiger partial charge in [-0.15, -0.1) is 0 Å². The molecule has 0 fully saturated rings. The predicted molar refractivity (Wildman–Crippen MR) is 64.1 cm³/mol. The van der Waals surface area contributed by atoms with E-state index in [1.807, 2.05) is 5.38 Å². The van der Waals surface area contributed by atoms with E-state index in [-0.39, 0.29) is 0 Å². The number of hydrogen-bond acceptors (Lipinski definition) is 2. The average Bonchev–Trinajstić information content (AvgIpc) is 2.53. The largest absolute Gasteiger partial charge is 0.508 e. The fourth-order valence-electron chi connectivity index (χ4n) is 1.17. The van der Waals surface area contributed by atoms with Gasteiger partial charge in [-0.2, -0.15) is 11.3 Å². The van der Waals surface area contributed by atoms with Crippen LogP contribution in [0.25, 0.3) is 11.1 Å². The van der Waals surface area contributed by atoms with Gasteiger partial charge in [0, 0.05) is 3.57 Å². The molecule has 3 heteroatoms. The van der Waals surface area contributed by atoms with Gasteiger partial charge in [0.2, 0.25) is 0 Å². The summed E-state index contributed by atoms with van der Waals surface area (Å²) in [6.07, 6.45) is 0. The average molecular weight is 302 g/mol. The molecule has 0 amide bonds. The van der Waals surface area contributed by atoms with E-state index >= 15 is 0 Å². The molecule has 1 heterocycles. The normalized spacial score (nSPS) is 10.2. The van der Waals surface area contributed by atoms with Crippen LogP contribution in [0.1, 0.15) is 0 Å². The molecule has 1 aromatic heterocycles. The van der Waals surface area contributed by atoms with Crippen LogP contribution in [0.15, 0.2) is 35.0 Å². The van der Waals surface area contributed by atoms with E-state index in [9.17, 15) is 5.11 Å². The van der Waals surface area contributed by atoms with E-state index in [2.05, 4.69) is 40.1 Å². The molecule has 0 radical (unpaired) electrons. The molecule has 0 saturated carbocycles. The number of thiophene rings is 1. The van der Waals surface area contributed by atoms with E-state index < -0.39 is 0 Å². The quantitative estimate of drug-likeness (QED) is 0.796. The number of phenolic OH excluding ortho intramolecular Hbond substituents is 1. The lowest BCUT2D eigenvalue weighted by Crippen LogP contribution is -1.76. The smallest absolute Gasteiger partial charge is 0.117 e. The monoisotopic (exact) mass is 302 g/mol.